The first-order valence-corrected chi connectivity index (χ1v) is 7.48. The Bertz CT molecular complexity index is 655. The van der Waals surface area contributed by atoms with Gasteiger partial charge in [-0.15, -0.1) is 0 Å². The molecular weight excluding hydrogens is 316 g/mol. The Labute approximate surface area is 139 Å². The molecule has 0 spiro atoms. The van der Waals surface area contributed by atoms with Crippen LogP contribution in [0.2, 0.25) is 5.02 Å². The first-order chi connectivity index (χ1) is 11.2. The van der Waals surface area contributed by atoms with Crippen molar-refractivity contribution in [3.8, 4) is 11.5 Å². The van der Waals surface area contributed by atoms with E-state index in [9.17, 15) is 4.79 Å². The van der Waals surface area contributed by atoms with Crippen LogP contribution in [0.25, 0.3) is 0 Å². The SMILES string of the molecule is CCOc1ccc(/C=N/NC(=O)COc2ccc(Cl)cc2)cc1. The molecule has 0 bridgehead atoms. The Morgan fingerprint density at radius 1 is 1.09 bits per heavy atom. The molecule has 0 radical (unpaired) electrons. The third kappa shape index (κ3) is 6.00. The van der Waals surface area contributed by atoms with Gasteiger partial charge >= 0.3 is 0 Å². The number of hydrogen-bond donors (Lipinski definition) is 1. The highest BCUT2D eigenvalue weighted by molar-refractivity contribution is 6.30. The van der Waals surface area contributed by atoms with Gasteiger partial charge in [0.25, 0.3) is 5.91 Å². The molecule has 6 heteroatoms. The van der Waals surface area contributed by atoms with Crippen LogP contribution in [-0.2, 0) is 4.79 Å². The van der Waals surface area contributed by atoms with E-state index in [0.717, 1.165) is 11.3 Å². The molecule has 2 rings (SSSR count). The van der Waals surface area contributed by atoms with Crippen molar-refractivity contribution >= 4 is 23.7 Å². The van der Waals surface area contributed by atoms with Crippen LogP contribution in [0.4, 0.5) is 0 Å². The van der Waals surface area contributed by atoms with Crippen LogP contribution in [0.3, 0.4) is 0 Å². The van der Waals surface area contributed by atoms with E-state index in [4.69, 9.17) is 21.1 Å². The lowest BCUT2D eigenvalue weighted by Gasteiger charge is -2.05. The van der Waals surface area contributed by atoms with Gasteiger partial charge in [0.2, 0.25) is 0 Å². The van der Waals surface area contributed by atoms with Gasteiger partial charge in [0.15, 0.2) is 6.61 Å². The van der Waals surface area contributed by atoms with Gasteiger partial charge in [0.05, 0.1) is 12.8 Å². The number of ether oxygens (including phenoxy) is 2. The average Bonchev–Trinajstić information content (AvgIpc) is 2.56. The summed E-state index contributed by atoms with van der Waals surface area (Å²) >= 11 is 5.77. The molecule has 2 aromatic carbocycles. The lowest BCUT2D eigenvalue weighted by Crippen LogP contribution is -2.24. The number of nitrogens with zero attached hydrogens (tertiary/aromatic N) is 1. The van der Waals surface area contributed by atoms with Gasteiger partial charge in [-0.2, -0.15) is 5.10 Å². The first kappa shape index (κ1) is 16.8. The third-order valence-corrected chi connectivity index (χ3v) is 3.03. The summed E-state index contributed by atoms with van der Waals surface area (Å²) in [5.74, 6) is 1.02. The molecule has 0 fully saturated rings. The average molecular weight is 333 g/mol. The second-order valence-electron chi connectivity index (χ2n) is 4.54. The van der Waals surface area contributed by atoms with Crippen molar-refractivity contribution in [2.24, 2.45) is 5.10 Å². The van der Waals surface area contributed by atoms with Crippen LogP contribution in [0.1, 0.15) is 12.5 Å². The van der Waals surface area contributed by atoms with Crippen molar-refractivity contribution in [3.63, 3.8) is 0 Å². The summed E-state index contributed by atoms with van der Waals surface area (Å²) in [4.78, 5) is 11.6. The van der Waals surface area contributed by atoms with Crippen molar-refractivity contribution in [3.05, 3.63) is 59.1 Å². The Balaban J connectivity index is 1.75. The van der Waals surface area contributed by atoms with Gasteiger partial charge in [0.1, 0.15) is 11.5 Å². The zero-order valence-electron chi connectivity index (χ0n) is 12.7. The minimum atomic E-state index is -0.345. The maximum atomic E-state index is 11.6. The lowest BCUT2D eigenvalue weighted by atomic mass is 10.2. The number of rotatable bonds is 7. The maximum absolute atomic E-state index is 11.6. The van der Waals surface area contributed by atoms with E-state index in [1.165, 1.54) is 0 Å². The van der Waals surface area contributed by atoms with E-state index in [1.54, 1.807) is 30.5 Å². The molecule has 0 aliphatic carbocycles. The molecule has 0 unspecified atom stereocenters. The van der Waals surface area contributed by atoms with Gasteiger partial charge < -0.3 is 9.47 Å². The van der Waals surface area contributed by atoms with E-state index in [-0.39, 0.29) is 12.5 Å². The van der Waals surface area contributed by atoms with E-state index in [2.05, 4.69) is 10.5 Å². The molecule has 0 aromatic heterocycles. The van der Waals surface area contributed by atoms with Crippen LogP contribution in [0.5, 0.6) is 11.5 Å². The van der Waals surface area contributed by atoms with Crippen LogP contribution in [-0.4, -0.2) is 25.3 Å². The first-order valence-electron chi connectivity index (χ1n) is 7.10. The van der Waals surface area contributed by atoms with Gasteiger partial charge in [0, 0.05) is 5.02 Å². The largest absolute Gasteiger partial charge is 0.494 e. The lowest BCUT2D eigenvalue weighted by molar-refractivity contribution is -0.123. The summed E-state index contributed by atoms with van der Waals surface area (Å²) in [5.41, 5.74) is 3.25. The summed E-state index contributed by atoms with van der Waals surface area (Å²) in [7, 11) is 0. The fourth-order valence-electron chi connectivity index (χ4n) is 1.71. The summed E-state index contributed by atoms with van der Waals surface area (Å²) in [6.45, 7) is 2.43. The van der Waals surface area contributed by atoms with E-state index in [0.29, 0.717) is 17.4 Å². The van der Waals surface area contributed by atoms with Gasteiger partial charge in [-0.1, -0.05) is 11.6 Å². The van der Waals surface area contributed by atoms with Crippen LogP contribution < -0.4 is 14.9 Å². The molecule has 0 saturated heterocycles. The van der Waals surface area contributed by atoms with Crippen molar-refractivity contribution in [2.45, 2.75) is 6.92 Å². The number of hydrogen-bond acceptors (Lipinski definition) is 4. The number of benzene rings is 2. The second-order valence-corrected chi connectivity index (χ2v) is 4.97. The number of hydrazone groups is 1. The zero-order chi connectivity index (χ0) is 16.5. The highest BCUT2D eigenvalue weighted by Crippen LogP contribution is 2.15. The summed E-state index contributed by atoms with van der Waals surface area (Å²) < 4.78 is 10.7. The molecule has 0 atom stereocenters. The minimum absolute atomic E-state index is 0.123. The number of nitrogens with one attached hydrogen (secondary N) is 1. The van der Waals surface area contributed by atoms with Crippen LogP contribution in [0, 0.1) is 0 Å². The smallest absolute Gasteiger partial charge is 0.277 e. The van der Waals surface area contributed by atoms with E-state index >= 15 is 0 Å². The van der Waals surface area contributed by atoms with Crippen LogP contribution >= 0.6 is 11.6 Å². The zero-order valence-corrected chi connectivity index (χ0v) is 13.4. The second kappa shape index (κ2) is 8.80. The number of carbonyl (C=O) groups excluding carboxylic acids is 1. The molecule has 1 N–H and O–H groups in total. The standard InChI is InChI=1S/C17H17ClN2O3/c1-2-22-15-7-3-13(4-8-15)11-19-20-17(21)12-23-16-9-5-14(18)6-10-16/h3-11H,2,12H2,1H3,(H,20,21)/b19-11+. The normalized spacial score (nSPS) is 10.5. The molecule has 0 saturated carbocycles. The van der Waals surface area contributed by atoms with Gasteiger partial charge in [-0.25, -0.2) is 5.43 Å². The minimum Gasteiger partial charge on any atom is -0.494 e. The Kier molecular flexibility index (Phi) is 6.44. The molecule has 23 heavy (non-hydrogen) atoms. The maximum Gasteiger partial charge on any atom is 0.277 e. The quantitative estimate of drug-likeness (QED) is 0.625. The molecule has 2 aromatic rings. The van der Waals surface area contributed by atoms with Crippen molar-refractivity contribution in [2.75, 3.05) is 13.2 Å². The molecule has 5 nitrogen and oxygen atoms in total. The van der Waals surface area contributed by atoms with E-state index < -0.39 is 0 Å². The Morgan fingerprint density at radius 3 is 2.35 bits per heavy atom. The third-order valence-electron chi connectivity index (χ3n) is 2.78. The Hall–Kier alpha value is -2.53. The monoisotopic (exact) mass is 332 g/mol. The fourth-order valence-corrected chi connectivity index (χ4v) is 1.83. The molecule has 0 heterocycles. The summed E-state index contributed by atoms with van der Waals surface area (Å²) in [6, 6.07) is 14.2. The molecule has 0 aliphatic heterocycles. The molecule has 120 valence electrons. The van der Waals surface area contributed by atoms with Gasteiger partial charge in [-0.05, 0) is 61.0 Å². The Morgan fingerprint density at radius 2 is 1.70 bits per heavy atom. The number of carbonyl (C=O) groups is 1. The van der Waals surface area contributed by atoms with E-state index in [1.807, 2.05) is 31.2 Å². The topological polar surface area (TPSA) is 59.9 Å². The van der Waals surface area contributed by atoms with Gasteiger partial charge in [-0.3, -0.25) is 4.79 Å². The van der Waals surface area contributed by atoms with Crippen molar-refractivity contribution in [1.29, 1.82) is 0 Å². The fraction of sp³-hybridized carbons (Fsp3) is 0.176. The molecule has 1 amide bonds. The number of halogens is 1. The predicted octanol–water partition coefficient (Wildman–Crippen LogP) is 3.27. The van der Waals surface area contributed by atoms with Crippen molar-refractivity contribution < 1.29 is 14.3 Å². The molecule has 0 aliphatic rings. The summed E-state index contributed by atoms with van der Waals surface area (Å²) in [6.07, 6.45) is 1.55. The van der Waals surface area contributed by atoms with Crippen molar-refractivity contribution in [1.82, 2.24) is 5.43 Å². The van der Waals surface area contributed by atoms with Crippen LogP contribution in [0.15, 0.2) is 53.6 Å². The molecular formula is C17H17ClN2O3. The highest BCUT2D eigenvalue weighted by Gasteiger charge is 2.01. The summed E-state index contributed by atoms with van der Waals surface area (Å²) in [5, 5.41) is 4.49. The highest BCUT2D eigenvalue weighted by atomic mass is 35.5. The predicted molar refractivity (Wildman–Crippen MR) is 90.3 cm³/mol. The number of amides is 1.